The Labute approximate surface area is 168 Å². The van der Waals surface area contributed by atoms with Gasteiger partial charge in [0, 0.05) is 25.2 Å². The number of hydrogen-bond donors (Lipinski definition) is 0. The van der Waals surface area contributed by atoms with Crippen LogP contribution in [0, 0.1) is 12.7 Å². The molecular weight excluding hydrogens is 371 g/mol. The van der Waals surface area contributed by atoms with Gasteiger partial charge in [-0.2, -0.15) is 4.98 Å². The van der Waals surface area contributed by atoms with Crippen LogP contribution in [0.1, 0.15) is 23.1 Å². The van der Waals surface area contributed by atoms with Crippen LogP contribution >= 0.6 is 0 Å². The number of carbonyl (C=O) groups is 1. The number of amides is 1. The van der Waals surface area contributed by atoms with Crippen LogP contribution in [0.15, 0.2) is 53.1 Å². The maximum atomic E-state index is 13.2. The Morgan fingerprint density at radius 2 is 1.93 bits per heavy atom. The molecule has 2 heterocycles. The Kier molecular flexibility index (Phi) is 5.40. The molecule has 150 valence electrons. The number of hydrogen-bond acceptors (Lipinski definition) is 5. The van der Waals surface area contributed by atoms with E-state index in [9.17, 15) is 9.18 Å². The summed E-state index contributed by atoms with van der Waals surface area (Å²) in [5, 5.41) is 4.03. The summed E-state index contributed by atoms with van der Waals surface area (Å²) in [7, 11) is 2.02. The first-order valence-corrected chi connectivity index (χ1v) is 9.63. The normalized spacial score (nSPS) is 17.5. The lowest BCUT2D eigenvalue weighted by Crippen LogP contribution is -2.49. The van der Waals surface area contributed by atoms with E-state index in [-0.39, 0.29) is 24.2 Å². The van der Waals surface area contributed by atoms with Crippen molar-refractivity contribution in [2.75, 3.05) is 26.7 Å². The van der Waals surface area contributed by atoms with Crippen molar-refractivity contribution >= 4 is 5.91 Å². The minimum atomic E-state index is -0.263. The second-order valence-corrected chi connectivity index (χ2v) is 7.39. The lowest BCUT2D eigenvalue weighted by molar-refractivity contribution is -0.133. The number of benzene rings is 2. The lowest BCUT2D eigenvalue weighted by atomic mass is 10.0. The molecule has 0 aliphatic carbocycles. The van der Waals surface area contributed by atoms with E-state index >= 15 is 0 Å². The average Bonchev–Trinajstić information content (AvgIpc) is 3.17. The number of rotatable bonds is 4. The fourth-order valence-corrected chi connectivity index (χ4v) is 3.65. The molecule has 4 rings (SSSR count). The SMILES string of the molecule is Cc1ccccc1-c1noc(CC(=O)N2CCN(C)C(c3ccc(F)cc3)C2)n1. The first kappa shape index (κ1) is 19.3. The van der Waals surface area contributed by atoms with Gasteiger partial charge in [0.2, 0.25) is 17.6 Å². The van der Waals surface area contributed by atoms with Crippen molar-refractivity contribution in [2.24, 2.45) is 0 Å². The van der Waals surface area contributed by atoms with Crippen LogP contribution in [0.5, 0.6) is 0 Å². The Bertz CT molecular complexity index is 1000. The van der Waals surface area contributed by atoms with Gasteiger partial charge in [-0.3, -0.25) is 9.69 Å². The van der Waals surface area contributed by atoms with Gasteiger partial charge >= 0.3 is 0 Å². The van der Waals surface area contributed by atoms with Crippen molar-refractivity contribution in [3.63, 3.8) is 0 Å². The van der Waals surface area contributed by atoms with Crippen LogP contribution in [0.2, 0.25) is 0 Å². The van der Waals surface area contributed by atoms with Gasteiger partial charge in [0.1, 0.15) is 12.2 Å². The van der Waals surface area contributed by atoms with Gasteiger partial charge in [0.25, 0.3) is 0 Å². The highest BCUT2D eigenvalue weighted by Crippen LogP contribution is 2.25. The summed E-state index contributed by atoms with van der Waals surface area (Å²) >= 11 is 0. The molecular formula is C22H23FN4O2. The molecule has 1 amide bonds. The van der Waals surface area contributed by atoms with Gasteiger partial charge < -0.3 is 9.42 Å². The quantitative estimate of drug-likeness (QED) is 0.680. The van der Waals surface area contributed by atoms with Gasteiger partial charge in [0.05, 0.1) is 6.04 Å². The highest BCUT2D eigenvalue weighted by atomic mass is 19.1. The van der Waals surface area contributed by atoms with E-state index in [1.54, 1.807) is 12.1 Å². The van der Waals surface area contributed by atoms with Crippen LogP contribution in [0.25, 0.3) is 11.4 Å². The summed E-state index contributed by atoms with van der Waals surface area (Å²) < 4.78 is 18.6. The minimum absolute atomic E-state index is 0.0264. The van der Waals surface area contributed by atoms with Crippen molar-refractivity contribution in [1.29, 1.82) is 0 Å². The minimum Gasteiger partial charge on any atom is -0.339 e. The van der Waals surface area contributed by atoms with Crippen LogP contribution in [0.4, 0.5) is 4.39 Å². The second kappa shape index (κ2) is 8.13. The summed E-state index contributed by atoms with van der Waals surface area (Å²) in [5.74, 6) is 0.491. The lowest BCUT2D eigenvalue weighted by Gasteiger charge is -2.39. The number of piperazine rings is 1. The Balaban J connectivity index is 1.45. The summed E-state index contributed by atoms with van der Waals surface area (Å²) in [6, 6.07) is 14.3. The smallest absolute Gasteiger partial charge is 0.236 e. The third kappa shape index (κ3) is 4.19. The predicted octanol–water partition coefficient (Wildman–Crippen LogP) is 3.24. The van der Waals surface area contributed by atoms with E-state index in [4.69, 9.17) is 4.52 Å². The molecule has 1 aliphatic heterocycles. The summed E-state index contributed by atoms with van der Waals surface area (Å²) in [6.07, 6.45) is 0.0682. The molecule has 1 atom stereocenters. The predicted molar refractivity (Wildman–Crippen MR) is 107 cm³/mol. The molecule has 1 aliphatic rings. The van der Waals surface area contributed by atoms with Gasteiger partial charge in [-0.25, -0.2) is 4.39 Å². The van der Waals surface area contributed by atoms with Crippen molar-refractivity contribution in [1.82, 2.24) is 19.9 Å². The Morgan fingerprint density at radius 3 is 2.69 bits per heavy atom. The van der Waals surface area contributed by atoms with E-state index in [0.29, 0.717) is 24.8 Å². The molecule has 2 aromatic carbocycles. The molecule has 6 nitrogen and oxygen atoms in total. The standard InChI is InChI=1S/C22H23FN4O2/c1-15-5-3-4-6-18(15)22-24-20(29-25-22)13-21(28)27-12-11-26(2)19(14-27)16-7-9-17(23)10-8-16/h3-10,19H,11-14H2,1-2H3. The fraction of sp³-hybridized carbons (Fsp3) is 0.318. The maximum absolute atomic E-state index is 13.2. The second-order valence-electron chi connectivity index (χ2n) is 7.39. The molecule has 0 saturated carbocycles. The van der Waals surface area contributed by atoms with E-state index < -0.39 is 0 Å². The number of carbonyl (C=O) groups excluding carboxylic acids is 1. The van der Waals surface area contributed by atoms with E-state index in [1.807, 2.05) is 43.1 Å². The zero-order chi connectivity index (χ0) is 20.4. The van der Waals surface area contributed by atoms with Crippen molar-refractivity contribution in [2.45, 2.75) is 19.4 Å². The van der Waals surface area contributed by atoms with E-state index in [1.165, 1.54) is 12.1 Å². The molecule has 3 aromatic rings. The molecule has 29 heavy (non-hydrogen) atoms. The average molecular weight is 394 g/mol. The molecule has 1 aromatic heterocycles. The monoisotopic (exact) mass is 394 g/mol. The molecule has 1 saturated heterocycles. The summed E-state index contributed by atoms with van der Waals surface area (Å²) in [6.45, 7) is 3.90. The third-order valence-corrected chi connectivity index (χ3v) is 5.41. The van der Waals surface area contributed by atoms with Crippen LogP contribution in [-0.2, 0) is 11.2 Å². The van der Waals surface area contributed by atoms with Crippen LogP contribution in [0.3, 0.4) is 0 Å². The Morgan fingerprint density at radius 1 is 1.17 bits per heavy atom. The number of nitrogens with zero attached hydrogens (tertiary/aromatic N) is 4. The van der Waals surface area contributed by atoms with E-state index in [2.05, 4.69) is 15.0 Å². The number of aryl methyl sites for hydroxylation is 1. The highest BCUT2D eigenvalue weighted by Gasteiger charge is 2.29. The molecule has 7 heteroatoms. The molecule has 1 fully saturated rings. The zero-order valence-corrected chi connectivity index (χ0v) is 16.5. The van der Waals surface area contributed by atoms with Gasteiger partial charge in [-0.15, -0.1) is 0 Å². The van der Waals surface area contributed by atoms with Gasteiger partial charge in [-0.05, 0) is 37.2 Å². The molecule has 0 N–H and O–H groups in total. The van der Waals surface area contributed by atoms with Crippen LogP contribution < -0.4 is 0 Å². The number of likely N-dealkylation sites (N-methyl/N-ethyl adjacent to an activating group) is 1. The van der Waals surface area contributed by atoms with Gasteiger partial charge in [0.15, 0.2) is 0 Å². The van der Waals surface area contributed by atoms with Crippen molar-refractivity contribution in [3.8, 4) is 11.4 Å². The fourth-order valence-electron chi connectivity index (χ4n) is 3.65. The largest absolute Gasteiger partial charge is 0.339 e. The first-order chi connectivity index (χ1) is 14.0. The van der Waals surface area contributed by atoms with E-state index in [0.717, 1.165) is 23.2 Å². The summed E-state index contributed by atoms with van der Waals surface area (Å²) in [4.78, 5) is 21.2. The zero-order valence-electron chi connectivity index (χ0n) is 16.5. The molecule has 0 radical (unpaired) electrons. The summed E-state index contributed by atoms with van der Waals surface area (Å²) in [5.41, 5.74) is 2.93. The molecule has 0 bridgehead atoms. The van der Waals surface area contributed by atoms with Crippen molar-refractivity contribution < 1.29 is 13.7 Å². The van der Waals surface area contributed by atoms with Crippen molar-refractivity contribution in [3.05, 3.63) is 71.4 Å². The third-order valence-electron chi connectivity index (χ3n) is 5.41. The number of aromatic nitrogens is 2. The highest BCUT2D eigenvalue weighted by molar-refractivity contribution is 5.78. The Hall–Kier alpha value is -3.06. The number of halogens is 1. The first-order valence-electron chi connectivity index (χ1n) is 9.63. The van der Waals surface area contributed by atoms with Gasteiger partial charge in [-0.1, -0.05) is 41.6 Å². The molecule has 0 spiro atoms. The maximum Gasteiger partial charge on any atom is 0.236 e. The molecule has 1 unspecified atom stereocenters. The van der Waals surface area contributed by atoms with Crippen LogP contribution in [-0.4, -0.2) is 52.5 Å². The topological polar surface area (TPSA) is 62.5 Å².